The van der Waals surface area contributed by atoms with Crippen LogP contribution in [0.25, 0.3) is 0 Å². The summed E-state index contributed by atoms with van der Waals surface area (Å²) in [6.07, 6.45) is 2.30. The predicted octanol–water partition coefficient (Wildman–Crippen LogP) is 0.735. The number of hydrogen-bond acceptors (Lipinski definition) is 2. The number of nitrogens with zero attached hydrogens (tertiary/aromatic N) is 2. The van der Waals surface area contributed by atoms with Crippen LogP contribution in [0.2, 0.25) is 5.15 Å². The average molecular weight is 145 g/mol. The van der Waals surface area contributed by atoms with E-state index in [-0.39, 0.29) is 6.54 Å². The largest absolute Gasteiger partial charge is 0.301 e. The van der Waals surface area contributed by atoms with Gasteiger partial charge in [-0.15, -0.1) is 0 Å². The molecule has 0 fully saturated rings. The van der Waals surface area contributed by atoms with Gasteiger partial charge in [0.15, 0.2) is 0 Å². The van der Waals surface area contributed by atoms with Gasteiger partial charge in [0.1, 0.15) is 11.4 Å². The maximum Gasteiger partial charge on any atom is 0.141 e. The van der Waals surface area contributed by atoms with E-state index in [2.05, 4.69) is 5.10 Å². The number of aldehydes is 1. The first kappa shape index (κ1) is 6.29. The summed E-state index contributed by atoms with van der Waals surface area (Å²) in [7, 11) is 0. The number of carbonyl (C=O) groups excluding carboxylic acids is 1. The van der Waals surface area contributed by atoms with Gasteiger partial charge in [-0.1, -0.05) is 11.6 Å². The SMILES string of the molecule is O=CCn1nccc1Cl. The van der Waals surface area contributed by atoms with E-state index in [9.17, 15) is 4.79 Å². The molecule has 9 heavy (non-hydrogen) atoms. The summed E-state index contributed by atoms with van der Waals surface area (Å²) in [6, 6.07) is 1.63. The van der Waals surface area contributed by atoms with Gasteiger partial charge in [-0.25, -0.2) is 4.68 Å². The van der Waals surface area contributed by atoms with Crippen molar-refractivity contribution >= 4 is 17.9 Å². The molecule has 0 bridgehead atoms. The van der Waals surface area contributed by atoms with Gasteiger partial charge in [-0.2, -0.15) is 5.10 Å². The topological polar surface area (TPSA) is 34.9 Å². The normalized spacial score (nSPS) is 9.44. The summed E-state index contributed by atoms with van der Waals surface area (Å²) in [4.78, 5) is 9.90. The van der Waals surface area contributed by atoms with Crippen molar-refractivity contribution in [2.24, 2.45) is 0 Å². The van der Waals surface area contributed by atoms with E-state index in [1.54, 1.807) is 12.3 Å². The van der Waals surface area contributed by atoms with Crippen LogP contribution in [0.5, 0.6) is 0 Å². The maximum absolute atomic E-state index is 9.90. The summed E-state index contributed by atoms with van der Waals surface area (Å²) in [5.41, 5.74) is 0. The smallest absolute Gasteiger partial charge is 0.141 e. The van der Waals surface area contributed by atoms with Gasteiger partial charge in [-0.3, -0.25) is 0 Å². The first-order valence-corrected chi connectivity index (χ1v) is 2.83. The summed E-state index contributed by atoms with van der Waals surface area (Å²) in [5, 5.41) is 4.25. The molecule has 0 spiro atoms. The third-order valence-corrected chi connectivity index (χ3v) is 1.23. The molecule has 1 rings (SSSR count). The summed E-state index contributed by atoms with van der Waals surface area (Å²) < 4.78 is 1.41. The van der Waals surface area contributed by atoms with Gasteiger partial charge in [0, 0.05) is 0 Å². The average Bonchev–Trinajstić information content (AvgIpc) is 2.18. The minimum atomic E-state index is 0.228. The molecule has 0 saturated carbocycles. The van der Waals surface area contributed by atoms with Crippen molar-refractivity contribution in [3.63, 3.8) is 0 Å². The van der Waals surface area contributed by atoms with Crippen molar-refractivity contribution < 1.29 is 4.79 Å². The molecule has 1 aromatic rings. The fourth-order valence-corrected chi connectivity index (χ4v) is 0.690. The van der Waals surface area contributed by atoms with Crippen LogP contribution in [-0.2, 0) is 11.3 Å². The fraction of sp³-hybridized carbons (Fsp3) is 0.200. The Labute approximate surface area is 57.2 Å². The van der Waals surface area contributed by atoms with Crippen molar-refractivity contribution in [1.29, 1.82) is 0 Å². The molecule has 0 aliphatic carbocycles. The molecule has 0 aromatic carbocycles. The Hall–Kier alpha value is -0.830. The zero-order valence-electron chi connectivity index (χ0n) is 4.62. The van der Waals surface area contributed by atoms with Gasteiger partial charge in [-0.05, 0) is 6.07 Å². The molecule has 0 atom stereocenters. The minimum absolute atomic E-state index is 0.228. The highest BCUT2D eigenvalue weighted by Gasteiger charge is 1.94. The second-order valence-electron chi connectivity index (χ2n) is 1.50. The van der Waals surface area contributed by atoms with E-state index in [1.807, 2.05) is 0 Å². The van der Waals surface area contributed by atoms with Crippen LogP contribution in [0.15, 0.2) is 12.3 Å². The van der Waals surface area contributed by atoms with Crippen molar-refractivity contribution in [1.82, 2.24) is 9.78 Å². The number of carbonyl (C=O) groups is 1. The molecule has 48 valence electrons. The summed E-state index contributed by atoms with van der Waals surface area (Å²) in [6.45, 7) is 0.228. The van der Waals surface area contributed by atoms with Crippen molar-refractivity contribution in [3.05, 3.63) is 17.4 Å². The van der Waals surface area contributed by atoms with E-state index in [4.69, 9.17) is 11.6 Å². The van der Waals surface area contributed by atoms with Gasteiger partial charge in [0.2, 0.25) is 0 Å². The second kappa shape index (κ2) is 2.64. The summed E-state index contributed by atoms with van der Waals surface area (Å²) >= 11 is 5.56. The highest BCUT2D eigenvalue weighted by Crippen LogP contribution is 2.04. The highest BCUT2D eigenvalue weighted by molar-refractivity contribution is 6.29. The second-order valence-corrected chi connectivity index (χ2v) is 1.89. The molecule has 1 heterocycles. The van der Waals surface area contributed by atoms with Crippen LogP contribution >= 0.6 is 11.6 Å². The predicted molar refractivity (Wildman–Crippen MR) is 33.3 cm³/mol. The molecule has 0 N–H and O–H groups in total. The van der Waals surface area contributed by atoms with E-state index < -0.39 is 0 Å². The lowest BCUT2D eigenvalue weighted by Crippen LogP contribution is -1.99. The van der Waals surface area contributed by atoms with Crippen LogP contribution < -0.4 is 0 Å². The van der Waals surface area contributed by atoms with E-state index in [1.165, 1.54) is 4.68 Å². The Morgan fingerprint density at radius 2 is 2.67 bits per heavy atom. The molecule has 3 nitrogen and oxygen atoms in total. The van der Waals surface area contributed by atoms with Crippen LogP contribution in [0.3, 0.4) is 0 Å². The minimum Gasteiger partial charge on any atom is -0.301 e. The molecule has 0 radical (unpaired) electrons. The lowest BCUT2D eigenvalue weighted by atomic mass is 10.7. The van der Waals surface area contributed by atoms with Crippen LogP contribution in [0.4, 0.5) is 0 Å². The Morgan fingerprint density at radius 3 is 3.11 bits per heavy atom. The quantitative estimate of drug-likeness (QED) is 0.574. The monoisotopic (exact) mass is 144 g/mol. The molecule has 0 saturated heterocycles. The van der Waals surface area contributed by atoms with Crippen LogP contribution in [0.1, 0.15) is 0 Å². The molecule has 0 aliphatic rings. The van der Waals surface area contributed by atoms with Crippen molar-refractivity contribution in [2.45, 2.75) is 6.54 Å². The van der Waals surface area contributed by atoms with Gasteiger partial charge in [0.25, 0.3) is 0 Å². The Kier molecular flexibility index (Phi) is 1.85. The molecule has 4 heteroatoms. The third-order valence-electron chi connectivity index (χ3n) is 0.912. The zero-order chi connectivity index (χ0) is 6.69. The molecule has 0 aliphatic heterocycles. The zero-order valence-corrected chi connectivity index (χ0v) is 5.38. The van der Waals surface area contributed by atoms with E-state index >= 15 is 0 Å². The van der Waals surface area contributed by atoms with Gasteiger partial charge < -0.3 is 4.79 Å². The third kappa shape index (κ3) is 1.29. The molecule has 0 amide bonds. The number of aromatic nitrogens is 2. The van der Waals surface area contributed by atoms with E-state index in [0.29, 0.717) is 5.15 Å². The molecule has 1 aromatic heterocycles. The Morgan fingerprint density at radius 1 is 1.89 bits per heavy atom. The first-order chi connectivity index (χ1) is 4.34. The van der Waals surface area contributed by atoms with Gasteiger partial charge >= 0.3 is 0 Å². The number of halogens is 1. The molecule has 0 unspecified atom stereocenters. The lowest BCUT2D eigenvalue weighted by Gasteiger charge is -1.92. The standard InChI is InChI=1S/C5H5ClN2O/c6-5-1-2-7-8(5)3-4-9/h1-2,4H,3H2. The van der Waals surface area contributed by atoms with Crippen molar-refractivity contribution in [3.8, 4) is 0 Å². The fourth-order valence-electron chi connectivity index (χ4n) is 0.521. The molecular weight excluding hydrogens is 140 g/mol. The van der Waals surface area contributed by atoms with Gasteiger partial charge in [0.05, 0.1) is 12.7 Å². The number of hydrogen-bond donors (Lipinski definition) is 0. The van der Waals surface area contributed by atoms with E-state index in [0.717, 1.165) is 6.29 Å². The van der Waals surface area contributed by atoms with Crippen LogP contribution in [0, 0.1) is 0 Å². The Balaban J connectivity index is 2.80. The maximum atomic E-state index is 9.90. The lowest BCUT2D eigenvalue weighted by molar-refractivity contribution is -0.108. The Bertz CT molecular complexity index is 208. The number of rotatable bonds is 2. The summed E-state index contributed by atoms with van der Waals surface area (Å²) in [5.74, 6) is 0. The first-order valence-electron chi connectivity index (χ1n) is 2.45. The molecular formula is C5H5ClN2O. The highest BCUT2D eigenvalue weighted by atomic mass is 35.5. The van der Waals surface area contributed by atoms with Crippen molar-refractivity contribution in [2.75, 3.05) is 0 Å². The van der Waals surface area contributed by atoms with Crippen LogP contribution in [-0.4, -0.2) is 16.1 Å².